The third-order valence-electron chi connectivity index (χ3n) is 5.01. The number of fused-ring (bicyclic) bond motifs is 2. The van der Waals surface area contributed by atoms with Gasteiger partial charge in [-0.3, -0.25) is 0 Å². The summed E-state index contributed by atoms with van der Waals surface area (Å²) in [4.78, 5) is 0. The van der Waals surface area contributed by atoms with Gasteiger partial charge in [0.2, 0.25) is 0 Å². The molecule has 0 N–H and O–H groups in total. The molecule has 0 bridgehead atoms. The van der Waals surface area contributed by atoms with E-state index in [1.807, 2.05) is 0 Å². The van der Waals surface area contributed by atoms with Crippen molar-refractivity contribution >= 4 is 21.7 Å². The van der Waals surface area contributed by atoms with Crippen molar-refractivity contribution in [2.45, 2.75) is 24.9 Å². The van der Waals surface area contributed by atoms with E-state index in [4.69, 9.17) is 0 Å². The van der Waals surface area contributed by atoms with Crippen molar-refractivity contribution in [3.8, 4) is 0 Å². The summed E-state index contributed by atoms with van der Waals surface area (Å²) in [5.74, 6) is 0. The van der Waals surface area contributed by atoms with Crippen molar-refractivity contribution in [3.05, 3.63) is 81.9 Å². The molecule has 0 amide bonds. The van der Waals surface area contributed by atoms with Gasteiger partial charge in [-0.1, -0.05) is 60.7 Å². The molecule has 0 fully saturated rings. The Bertz CT molecular complexity index is 714. The van der Waals surface area contributed by atoms with E-state index in [-0.39, 0.29) is 29.8 Å². The van der Waals surface area contributed by atoms with Crippen molar-refractivity contribution in [1.82, 2.24) is 0 Å². The second-order valence-corrected chi connectivity index (χ2v) is 8.55. The maximum absolute atomic E-state index is 2.45. The van der Waals surface area contributed by atoms with Crippen molar-refractivity contribution < 1.29 is 20.3 Å². The molecule has 2 aliphatic carbocycles. The van der Waals surface area contributed by atoms with E-state index < -0.39 is 0 Å². The van der Waals surface area contributed by atoms with E-state index in [2.05, 4.69) is 74.5 Å². The molecule has 2 aliphatic rings. The normalized spacial score (nSPS) is 21.2. The van der Waals surface area contributed by atoms with Gasteiger partial charge in [0.15, 0.2) is 0 Å². The average Bonchev–Trinajstić information content (AvgIpc) is 3.07. The molecule has 106 valence electrons. The Kier molecular flexibility index (Phi) is 4.32. The number of benzene rings is 2. The first-order valence-corrected chi connectivity index (χ1v) is 9.43. The van der Waals surface area contributed by atoms with E-state index in [1.54, 1.807) is 11.1 Å². The van der Waals surface area contributed by atoms with Gasteiger partial charge in [-0.05, 0) is 58.3 Å². The molecule has 22 heavy (non-hydrogen) atoms. The SMILES string of the molecule is Cc1cccc2c1C=CC2[SiH2]C1C=Cc2c(C)cccc21.[H-].[Li+]. The fourth-order valence-corrected chi connectivity index (χ4v) is 6.18. The van der Waals surface area contributed by atoms with Crippen LogP contribution in [0.4, 0.5) is 0 Å². The third-order valence-corrected chi connectivity index (χ3v) is 7.45. The first-order chi connectivity index (χ1) is 10.2. The van der Waals surface area contributed by atoms with E-state index in [0.717, 1.165) is 0 Å². The van der Waals surface area contributed by atoms with Crippen LogP contribution in [-0.4, -0.2) is 9.52 Å². The van der Waals surface area contributed by atoms with Crippen LogP contribution in [0.3, 0.4) is 0 Å². The molecule has 0 saturated carbocycles. The van der Waals surface area contributed by atoms with Gasteiger partial charge in [0.25, 0.3) is 0 Å². The number of hydrogen-bond donors (Lipinski definition) is 0. The fraction of sp³-hybridized carbons (Fsp3) is 0.200. The Balaban J connectivity index is 0.000000960. The molecule has 2 heteroatoms. The predicted molar refractivity (Wildman–Crippen MR) is 95.6 cm³/mol. The van der Waals surface area contributed by atoms with Gasteiger partial charge in [0.1, 0.15) is 0 Å². The Morgan fingerprint density at radius 3 is 1.68 bits per heavy atom. The van der Waals surface area contributed by atoms with Crippen LogP contribution in [0.5, 0.6) is 0 Å². The molecule has 2 atom stereocenters. The first kappa shape index (κ1) is 15.6. The Morgan fingerprint density at radius 2 is 1.23 bits per heavy atom. The molecule has 0 heterocycles. The van der Waals surface area contributed by atoms with Gasteiger partial charge < -0.3 is 1.43 Å². The van der Waals surface area contributed by atoms with E-state index in [0.29, 0.717) is 11.1 Å². The Hall–Kier alpha value is -1.27. The summed E-state index contributed by atoms with van der Waals surface area (Å²) in [6, 6.07) is 13.5. The quantitative estimate of drug-likeness (QED) is 0.736. The minimum atomic E-state index is -0.259. The van der Waals surface area contributed by atoms with Crippen LogP contribution in [0.15, 0.2) is 48.6 Å². The Labute approximate surface area is 148 Å². The molecule has 0 spiro atoms. The van der Waals surface area contributed by atoms with Gasteiger partial charge >= 0.3 is 18.9 Å². The van der Waals surface area contributed by atoms with E-state index >= 15 is 0 Å². The van der Waals surface area contributed by atoms with Crippen LogP contribution >= 0.6 is 0 Å². The summed E-state index contributed by atoms with van der Waals surface area (Å²) in [6.07, 6.45) is 9.59. The Morgan fingerprint density at radius 1 is 0.773 bits per heavy atom. The van der Waals surface area contributed by atoms with Gasteiger partial charge in [-0.2, -0.15) is 0 Å². The molecule has 0 nitrogen and oxygen atoms in total. The molecule has 0 aromatic heterocycles. The topological polar surface area (TPSA) is 0 Å². The molecule has 2 aromatic carbocycles. The minimum Gasteiger partial charge on any atom is -1.00 e. The standard InChI is InChI=1S/C20H20Si.Li.H/c1-13-5-3-7-17-15(13)9-11-19(17)21-20-12-10-16-14(2)6-4-8-18(16)20;;/h3-12,19-20H,21H2,1-2H3;;/q;+1;-1. The second-order valence-electron chi connectivity index (χ2n) is 6.32. The number of rotatable bonds is 2. The number of hydrogen-bond acceptors (Lipinski definition) is 0. The van der Waals surface area contributed by atoms with Crippen molar-refractivity contribution in [2.24, 2.45) is 0 Å². The average molecular weight is 296 g/mol. The first-order valence-electron chi connectivity index (χ1n) is 7.79. The molecule has 0 radical (unpaired) electrons. The zero-order valence-corrected chi connectivity index (χ0v) is 15.0. The number of aryl methyl sites for hydroxylation is 2. The largest absolute Gasteiger partial charge is 1.00 e. The smallest absolute Gasteiger partial charge is 1.00 e. The molecule has 2 unspecified atom stereocenters. The van der Waals surface area contributed by atoms with Crippen LogP contribution in [0, 0.1) is 13.8 Å². The minimum absolute atomic E-state index is 0. The van der Waals surface area contributed by atoms with Crippen LogP contribution in [-0.2, 0) is 0 Å². The summed E-state index contributed by atoms with van der Waals surface area (Å²) in [7, 11) is -0.259. The summed E-state index contributed by atoms with van der Waals surface area (Å²) in [5.41, 5.74) is 10.3. The summed E-state index contributed by atoms with van der Waals surface area (Å²) >= 11 is 0. The molecule has 0 aliphatic heterocycles. The zero-order valence-electron chi connectivity index (χ0n) is 14.6. The zero-order chi connectivity index (χ0) is 14.4. The summed E-state index contributed by atoms with van der Waals surface area (Å²) in [5, 5.41) is 0. The van der Waals surface area contributed by atoms with Gasteiger partial charge in [-0.25, -0.2) is 0 Å². The van der Waals surface area contributed by atoms with Crippen molar-refractivity contribution in [1.29, 1.82) is 0 Å². The molecular weight excluding hydrogens is 275 g/mol. The van der Waals surface area contributed by atoms with Crippen LogP contribution in [0.1, 0.15) is 45.9 Å². The molecule has 4 rings (SSSR count). The fourth-order valence-electron chi connectivity index (χ4n) is 3.83. The molecule has 2 aromatic rings. The maximum Gasteiger partial charge on any atom is 1.00 e. The van der Waals surface area contributed by atoms with Crippen LogP contribution in [0.25, 0.3) is 12.2 Å². The second kappa shape index (κ2) is 6.09. The van der Waals surface area contributed by atoms with Crippen molar-refractivity contribution in [2.75, 3.05) is 0 Å². The van der Waals surface area contributed by atoms with E-state index in [9.17, 15) is 0 Å². The maximum atomic E-state index is 2.45. The van der Waals surface area contributed by atoms with Crippen molar-refractivity contribution in [3.63, 3.8) is 0 Å². The van der Waals surface area contributed by atoms with E-state index in [1.165, 1.54) is 22.3 Å². The predicted octanol–water partition coefficient (Wildman–Crippen LogP) is 1.42. The third kappa shape index (κ3) is 2.48. The summed E-state index contributed by atoms with van der Waals surface area (Å²) < 4.78 is 0. The van der Waals surface area contributed by atoms with Gasteiger partial charge in [0.05, 0.1) is 0 Å². The molecule has 0 saturated heterocycles. The van der Waals surface area contributed by atoms with Gasteiger partial charge in [-0.15, -0.1) is 0 Å². The monoisotopic (exact) mass is 296 g/mol. The van der Waals surface area contributed by atoms with Crippen LogP contribution < -0.4 is 18.9 Å². The molecular formula is C20H21LiSi. The summed E-state index contributed by atoms with van der Waals surface area (Å²) in [6.45, 7) is 4.45. The van der Waals surface area contributed by atoms with Gasteiger partial charge in [0, 0.05) is 9.52 Å². The van der Waals surface area contributed by atoms with Crippen LogP contribution in [0.2, 0.25) is 0 Å². The number of allylic oxidation sites excluding steroid dienone is 2.